The zero-order valence-corrected chi connectivity index (χ0v) is 13.0. The van der Waals surface area contributed by atoms with E-state index in [1.54, 1.807) is 18.5 Å². The van der Waals surface area contributed by atoms with Crippen molar-refractivity contribution in [1.29, 1.82) is 0 Å². The number of aryl methyl sites for hydroxylation is 1. The molecule has 0 radical (unpaired) electrons. The Morgan fingerprint density at radius 1 is 1.35 bits per heavy atom. The van der Waals surface area contributed by atoms with E-state index < -0.39 is 11.9 Å². The zero-order valence-electron chi connectivity index (χ0n) is 11.4. The van der Waals surface area contributed by atoms with Crippen LogP contribution in [-0.4, -0.2) is 31.3 Å². The van der Waals surface area contributed by atoms with Crippen molar-refractivity contribution in [2.24, 2.45) is 5.92 Å². The Kier molecular flexibility index (Phi) is 4.17. The molecule has 0 bridgehead atoms. The van der Waals surface area contributed by atoms with Gasteiger partial charge in [-0.15, -0.1) is 5.10 Å². The summed E-state index contributed by atoms with van der Waals surface area (Å²) >= 11 is 3.44. The molecule has 20 heavy (non-hydrogen) atoms. The minimum absolute atomic E-state index is 0.336. The average molecular weight is 339 g/mol. The molecular weight excluding hydrogens is 324 g/mol. The molecule has 106 valence electrons. The highest BCUT2D eigenvalue weighted by Crippen LogP contribution is 2.26. The molecule has 0 fully saturated rings. The molecule has 0 spiro atoms. The van der Waals surface area contributed by atoms with E-state index in [9.17, 15) is 4.79 Å². The summed E-state index contributed by atoms with van der Waals surface area (Å²) < 4.78 is 2.49. The van der Waals surface area contributed by atoms with E-state index >= 15 is 0 Å². The fourth-order valence-electron chi connectivity index (χ4n) is 1.94. The Morgan fingerprint density at radius 2 is 2.05 bits per heavy atom. The molecule has 7 heteroatoms. The van der Waals surface area contributed by atoms with Crippen LogP contribution >= 0.6 is 15.9 Å². The van der Waals surface area contributed by atoms with Gasteiger partial charge in [-0.3, -0.25) is 4.79 Å². The molecule has 6 nitrogen and oxygen atoms in total. The molecule has 1 N–H and O–H groups in total. The number of carbonyl (C=O) groups is 1. The number of carboxylic acid groups (broad SMARTS) is 1. The molecule has 0 saturated heterocycles. The van der Waals surface area contributed by atoms with E-state index in [4.69, 9.17) is 5.11 Å². The number of hydrogen-bond acceptors (Lipinski definition) is 4. The van der Waals surface area contributed by atoms with Crippen molar-refractivity contribution in [1.82, 2.24) is 20.2 Å². The van der Waals surface area contributed by atoms with Gasteiger partial charge >= 0.3 is 5.97 Å². The SMILES string of the molecule is Cc1cc(Br)cc(-c2nnnn2C(C)C(C)C(=O)O)c1. The first-order chi connectivity index (χ1) is 9.40. The maximum Gasteiger partial charge on any atom is 0.308 e. The predicted octanol–water partition coefficient (Wildman–Crippen LogP) is 2.69. The first-order valence-electron chi connectivity index (χ1n) is 6.18. The summed E-state index contributed by atoms with van der Waals surface area (Å²) in [6.45, 7) is 5.42. The van der Waals surface area contributed by atoms with Crippen molar-refractivity contribution >= 4 is 21.9 Å². The minimum atomic E-state index is -0.871. The van der Waals surface area contributed by atoms with E-state index in [-0.39, 0.29) is 6.04 Å². The summed E-state index contributed by atoms with van der Waals surface area (Å²) in [4.78, 5) is 11.1. The third-order valence-electron chi connectivity index (χ3n) is 3.29. The monoisotopic (exact) mass is 338 g/mol. The summed E-state index contributed by atoms with van der Waals surface area (Å²) in [5.74, 6) is -0.884. The predicted molar refractivity (Wildman–Crippen MR) is 77.2 cm³/mol. The van der Waals surface area contributed by atoms with Crippen LogP contribution in [0.3, 0.4) is 0 Å². The van der Waals surface area contributed by atoms with E-state index in [2.05, 4.69) is 31.5 Å². The molecule has 2 rings (SSSR count). The fraction of sp³-hybridized carbons (Fsp3) is 0.385. The smallest absolute Gasteiger partial charge is 0.308 e. The van der Waals surface area contributed by atoms with E-state index in [0.717, 1.165) is 15.6 Å². The van der Waals surface area contributed by atoms with Gasteiger partial charge in [0.05, 0.1) is 12.0 Å². The van der Waals surface area contributed by atoms with Crippen molar-refractivity contribution in [3.05, 3.63) is 28.2 Å². The van der Waals surface area contributed by atoms with Gasteiger partial charge in [-0.1, -0.05) is 15.9 Å². The van der Waals surface area contributed by atoms with Crippen molar-refractivity contribution < 1.29 is 9.90 Å². The topological polar surface area (TPSA) is 80.9 Å². The molecule has 2 atom stereocenters. The number of benzene rings is 1. The highest BCUT2D eigenvalue weighted by atomic mass is 79.9. The second kappa shape index (κ2) is 5.70. The van der Waals surface area contributed by atoms with Gasteiger partial charge in [-0.2, -0.15) is 0 Å². The number of carboxylic acids is 1. The Balaban J connectivity index is 2.45. The van der Waals surface area contributed by atoms with Crippen LogP contribution in [0.4, 0.5) is 0 Å². The number of aromatic nitrogens is 4. The van der Waals surface area contributed by atoms with E-state index in [0.29, 0.717) is 5.82 Å². The molecule has 1 aromatic carbocycles. The number of aliphatic carboxylic acids is 1. The number of halogens is 1. The number of nitrogens with zero attached hydrogens (tertiary/aromatic N) is 4. The molecule has 1 heterocycles. The molecule has 0 aliphatic carbocycles. The summed E-state index contributed by atoms with van der Waals surface area (Å²) in [6, 6.07) is 5.52. The highest BCUT2D eigenvalue weighted by Gasteiger charge is 2.25. The lowest BCUT2D eigenvalue weighted by Gasteiger charge is -2.17. The van der Waals surface area contributed by atoms with Gasteiger partial charge < -0.3 is 5.11 Å². The minimum Gasteiger partial charge on any atom is -0.481 e. The maximum atomic E-state index is 11.1. The van der Waals surface area contributed by atoms with Gasteiger partial charge in [0, 0.05) is 10.0 Å². The summed E-state index contributed by atoms with van der Waals surface area (Å²) in [5, 5.41) is 20.7. The lowest BCUT2D eigenvalue weighted by molar-refractivity contribution is -0.142. The molecule has 0 saturated carbocycles. The van der Waals surface area contributed by atoms with E-state index in [1.807, 2.05) is 25.1 Å². The third-order valence-corrected chi connectivity index (χ3v) is 3.75. The van der Waals surface area contributed by atoms with Crippen molar-refractivity contribution in [2.75, 3.05) is 0 Å². The second-order valence-corrected chi connectivity index (χ2v) is 5.75. The van der Waals surface area contributed by atoms with Crippen LogP contribution in [0.1, 0.15) is 25.5 Å². The van der Waals surface area contributed by atoms with Crippen LogP contribution in [-0.2, 0) is 4.79 Å². The summed E-state index contributed by atoms with van der Waals surface area (Å²) in [5.41, 5.74) is 1.93. The molecule has 2 aromatic rings. The van der Waals surface area contributed by atoms with Crippen LogP contribution < -0.4 is 0 Å². The molecule has 1 aromatic heterocycles. The summed E-state index contributed by atoms with van der Waals surface area (Å²) in [6.07, 6.45) is 0. The molecule has 2 unspecified atom stereocenters. The fourth-order valence-corrected chi connectivity index (χ4v) is 2.55. The number of hydrogen-bond donors (Lipinski definition) is 1. The van der Waals surface area contributed by atoms with E-state index in [1.165, 1.54) is 0 Å². The van der Waals surface area contributed by atoms with Crippen molar-refractivity contribution in [3.63, 3.8) is 0 Å². The van der Waals surface area contributed by atoms with Gasteiger partial charge in [0.15, 0.2) is 5.82 Å². The first-order valence-corrected chi connectivity index (χ1v) is 6.97. The molecular formula is C13H15BrN4O2. The average Bonchev–Trinajstić information content (AvgIpc) is 2.84. The van der Waals surface area contributed by atoms with Crippen molar-refractivity contribution in [3.8, 4) is 11.4 Å². The van der Waals surface area contributed by atoms with Gasteiger partial charge in [0.2, 0.25) is 0 Å². The Labute approximate surface area is 124 Å². The highest BCUT2D eigenvalue weighted by molar-refractivity contribution is 9.10. The van der Waals surface area contributed by atoms with Gasteiger partial charge in [-0.25, -0.2) is 4.68 Å². The number of tetrazole rings is 1. The van der Waals surface area contributed by atoms with Gasteiger partial charge in [-0.05, 0) is 55.0 Å². The summed E-state index contributed by atoms with van der Waals surface area (Å²) in [7, 11) is 0. The quantitative estimate of drug-likeness (QED) is 0.926. The molecule has 0 amide bonds. The second-order valence-electron chi connectivity index (χ2n) is 4.83. The van der Waals surface area contributed by atoms with Gasteiger partial charge in [0.25, 0.3) is 0 Å². The first kappa shape index (κ1) is 14.6. The largest absolute Gasteiger partial charge is 0.481 e. The third kappa shape index (κ3) is 2.87. The Bertz CT molecular complexity index is 621. The van der Waals surface area contributed by atoms with Crippen LogP contribution in [0.2, 0.25) is 0 Å². The van der Waals surface area contributed by atoms with Crippen LogP contribution in [0, 0.1) is 12.8 Å². The Hall–Kier alpha value is -1.76. The standard InChI is InChI=1S/C13H15BrN4O2/c1-7-4-10(6-11(14)5-7)12-15-16-17-18(12)9(3)8(2)13(19)20/h4-6,8-9H,1-3H3,(H,19,20). The normalized spacial score (nSPS) is 14.0. The lowest BCUT2D eigenvalue weighted by atomic mass is 10.0. The maximum absolute atomic E-state index is 11.1. The molecule has 0 aliphatic heterocycles. The number of rotatable bonds is 4. The Morgan fingerprint density at radius 3 is 2.65 bits per heavy atom. The van der Waals surface area contributed by atoms with Crippen LogP contribution in [0.15, 0.2) is 22.7 Å². The van der Waals surface area contributed by atoms with Crippen molar-refractivity contribution in [2.45, 2.75) is 26.8 Å². The molecule has 0 aliphatic rings. The zero-order chi connectivity index (χ0) is 14.9. The lowest BCUT2D eigenvalue weighted by Crippen LogP contribution is -2.23. The van der Waals surface area contributed by atoms with Crippen LogP contribution in [0.25, 0.3) is 11.4 Å². The van der Waals surface area contributed by atoms with Gasteiger partial charge in [0.1, 0.15) is 0 Å². The van der Waals surface area contributed by atoms with Crippen LogP contribution in [0.5, 0.6) is 0 Å².